The van der Waals surface area contributed by atoms with E-state index in [1.165, 1.54) is 12.8 Å². The van der Waals surface area contributed by atoms with Crippen molar-refractivity contribution in [2.45, 2.75) is 31.7 Å². The SMILES string of the molecule is O=C1CCn2c(nc3ccccc32)C1C(=O)Nc1ccc(OCN2CCCC2)cc1. The summed E-state index contributed by atoms with van der Waals surface area (Å²) in [6.45, 7) is 3.29. The molecule has 1 fully saturated rings. The van der Waals surface area contributed by atoms with E-state index in [4.69, 9.17) is 4.74 Å². The van der Waals surface area contributed by atoms with Gasteiger partial charge in [0.05, 0.1) is 11.0 Å². The number of Topliss-reactive ketones (excluding diaryl/α,β-unsaturated/α-hetero) is 1. The number of carbonyl (C=O) groups is 2. The van der Waals surface area contributed by atoms with E-state index in [0.29, 0.717) is 31.2 Å². The van der Waals surface area contributed by atoms with Crippen molar-refractivity contribution in [3.63, 3.8) is 0 Å². The van der Waals surface area contributed by atoms with Gasteiger partial charge in [0.15, 0.2) is 11.7 Å². The Morgan fingerprint density at radius 1 is 1.07 bits per heavy atom. The van der Waals surface area contributed by atoms with E-state index < -0.39 is 5.92 Å². The summed E-state index contributed by atoms with van der Waals surface area (Å²) in [4.78, 5) is 32.4. The van der Waals surface area contributed by atoms with Crippen LogP contribution in [0.3, 0.4) is 0 Å². The lowest BCUT2D eigenvalue weighted by atomic mass is 9.96. The number of nitrogens with zero attached hydrogens (tertiary/aromatic N) is 3. The lowest BCUT2D eigenvalue weighted by Crippen LogP contribution is -2.34. The lowest BCUT2D eigenvalue weighted by Gasteiger charge is -2.22. The molecule has 1 saturated heterocycles. The van der Waals surface area contributed by atoms with Gasteiger partial charge in [-0.2, -0.15) is 0 Å². The molecule has 2 aliphatic rings. The number of anilines is 1. The molecule has 0 spiro atoms. The van der Waals surface area contributed by atoms with Gasteiger partial charge in [0, 0.05) is 31.7 Å². The zero-order valence-corrected chi connectivity index (χ0v) is 16.7. The molecule has 1 atom stereocenters. The summed E-state index contributed by atoms with van der Waals surface area (Å²) in [6.07, 6.45) is 2.78. The van der Waals surface area contributed by atoms with E-state index in [1.807, 2.05) is 41.0 Å². The van der Waals surface area contributed by atoms with Gasteiger partial charge in [-0.3, -0.25) is 14.5 Å². The number of carbonyl (C=O) groups excluding carboxylic acids is 2. The van der Waals surface area contributed by atoms with Gasteiger partial charge in [0.1, 0.15) is 18.3 Å². The van der Waals surface area contributed by atoms with Gasteiger partial charge in [-0.1, -0.05) is 12.1 Å². The molecule has 5 rings (SSSR count). The molecule has 7 nitrogen and oxygen atoms in total. The molecule has 1 amide bonds. The van der Waals surface area contributed by atoms with Crippen molar-refractivity contribution >= 4 is 28.4 Å². The first kappa shape index (κ1) is 18.8. The van der Waals surface area contributed by atoms with Crippen LogP contribution in [0.5, 0.6) is 5.75 Å². The Morgan fingerprint density at radius 2 is 1.83 bits per heavy atom. The number of amides is 1. The Kier molecular flexibility index (Phi) is 4.96. The van der Waals surface area contributed by atoms with Crippen LogP contribution in [-0.4, -0.2) is 46.0 Å². The summed E-state index contributed by atoms with van der Waals surface area (Å²) in [6, 6.07) is 15.0. The minimum absolute atomic E-state index is 0.0964. The van der Waals surface area contributed by atoms with Gasteiger partial charge in [-0.25, -0.2) is 4.98 Å². The third kappa shape index (κ3) is 3.57. The molecule has 1 unspecified atom stereocenters. The molecule has 30 heavy (non-hydrogen) atoms. The van der Waals surface area contributed by atoms with Crippen LogP contribution in [0.2, 0.25) is 0 Å². The van der Waals surface area contributed by atoms with Crippen LogP contribution in [0.25, 0.3) is 11.0 Å². The molecule has 7 heteroatoms. The summed E-state index contributed by atoms with van der Waals surface area (Å²) < 4.78 is 7.79. The minimum atomic E-state index is -0.891. The number of ether oxygens (including phenoxy) is 1. The molecular weight excluding hydrogens is 380 g/mol. The standard InChI is InChI=1S/C23H24N4O3/c28-20-11-14-27-19-6-2-1-5-18(19)25-22(27)21(20)23(29)24-16-7-9-17(10-8-16)30-15-26-12-3-4-13-26/h1-2,5-10,21H,3-4,11-15H2,(H,24,29). The number of nitrogens with one attached hydrogen (secondary N) is 1. The number of aryl methyl sites for hydroxylation is 1. The first-order valence-corrected chi connectivity index (χ1v) is 10.4. The van der Waals surface area contributed by atoms with Crippen molar-refractivity contribution in [2.24, 2.45) is 0 Å². The molecule has 3 aromatic rings. The number of imidazole rings is 1. The van der Waals surface area contributed by atoms with Crippen LogP contribution >= 0.6 is 0 Å². The summed E-state index contributed by atoms with van der Waals surface area (Å²) in [5.41, 5.74) is 2.39. The molecule has 3 heterocycles. The topological polar surface area (TPSA) is 76.5 Å². The highest BCUT2D eigenvalue weighted by Gasteiger charge is 2.36. The fourth-order valence-corrected chi connectivity index (χ4v) is 4.25. The Bertz CT molecular complexity index is 1080. The molecule has 0 radical (unpaired) electrons. The number of rotatable bonds is 5. The Hall–Kier alpha value is -3.19. The normalized spacial score (nSPS) is 19.1. The molecule has 0 bridgehead atoms. The fraction of sp³-hybridized carbons (Fsp3) is 0.348. The number of ketones is 1. The number of benzene rings is 2. The largest absolute Gasteiger partial charge is 0.478 e. The van der Waals surface area contributed by atoms with Gasteiger partial charge in [-0.15, -0.1) is 0 Å². The zero-order valence-electron chi connectivity index (χ0n) is 16.7. The maximum Gasteiger partial charge on any atom is 0.242 e. The van der Waals surface area contributed by atoms with Crippen molar-refractivity contribution < 1.29 is 14.3 Å². The van der Waals surface area contributed by atoms with Crippen molar-refractivity contribution in [3.05, 3.63) is 54.4 Å². The summed E-state index contributed by atoms with van der Waals surface area (Å²) >= 11 is 0. The molecule has 2 aliphatic heterocycles. The molecule has 1 aromatic heterocycles. The smallest absolute Gasteiger partial charge is 0.242 e. The van der Waals surface area contributed by atoms with Crippen LogP contribution < -0.4 is 10.1 Å². The number of fused-ring (bicyclic) bond motifs is 3. The zero-order chi connectivity index (χ0) is 20.5. The summed E-state index contributed by atoms with van der Waals surface area (Å²) in [5.74, 6) is -0.0499. The second-order valence-electron chi connectivity index (χ2n) is 7.87. The van der Waals surface area contributed by atoms with Gasteiger partial charge in [0.2, 0.25) is 5.91 Å². The van der Waals surface area contributed by atoms with Gasteiger partial charge < -0.3 is 14.6 Å². The number of aromatic nitrogens is 2. The third-order valence-electron chi connectivity index (χ3n) is 5.84. The predicted molar refractivity (Wildman–Crippen MR) is 113 cm³/mol. The Labute approximate surface area is 174 Å². The molecule has 1 N–H and O–H groups in total. The third-order valence-corrected chi connectivity index (χ3v) is 5.84. The molecule has 0 saturated carbocycles. The average molecular weight is 404 g/mol. The average Bonchev–Trinajstić information content (AvgIpc) is 3.40. The predicted octanol–water partition coefficient (Wildman–Crippen LogP) is 3.16. The molecule has 2 aromatic carbocycles. The van der Waals surface area contributed by atoms with E-state index in [1.54, 1.807) is 12.1 Å². The second kappa shape index (κ2) is 7.91. The van der Waals surface area contributed by atoms with E-state index >= 15 is 0 Å². The molecule has 154 valence electrons. The summed E-state index contributed by atoms with van der Waals surface area (Å²) in [7, 11) is 0. The second-order valence-corrected chi connectivity index (χ2v) is 7.87. The minimum Gasteiger partial charge on any atom is -0.478 e. The quantitative estimate of drug-likeness (QED) is 0.661. The van der Waals surface area contributed by atoms with Gasteiger partial charge in [-0.05, 0) is 49.2 Å². The van der Waals surface area contributed by atoms with Gasteiger partial charge in [0.25, 0.3) is 0 Å². The monoisotopic (exact) mass is 404 g/mol. The fourth-order valence-electron chi connectivity index (χ4n) is 4.25. The first-order valence-electron chi connectivity index (χ1n) is 10.4. The van der Waals surface area contributed by atoms with E-state index in [0.717, 1.165) is 29.9 Å². The van der Waals surface area contributed by atoms with Crippen molar-refractivity contribution in [2.75, 3.05) is 25.1 Å². The number of hydrogen-bond acceptors (Lipinski definition) is 5. The van der Waals surface area contributed by atoms with Crippen LogP contribution in [-0.2, 0) is 16.1 Å². The number of likely N-dealkylation sites (tertiary alicyclic amines) is 1. The molecule has 0 aliphatic carbocycles. The first-order chi connectivity index (χ1) is 14.7. The maximum absolute atomic E-state index is 13.0. The van der Waals surface area contributed by atoms with Crippen LogP contribution in [0.15, 0.2) is 48.5 Å². The van der Waals surface area contributed by atoms with Gasteiger partial charge >= 0.3 is 0 Å². The Morgan fingerprint density at radius 3 is 2.63 bits per heavy atom. The summed E-state index contributed by atoms with van der Waals surface area (Å²) in [5, 5.41) is 2.87. The van der Waals surface area contributed by atoms with E-state index in [2.05, 4.69) is 15.2 Å². The van der Waals surface area contributed by atoms with Crippen molar-refractivity contribution in [1.82, 2.24) is 14.5 Å². The van der Waals surface area contributed by atoms with Crippen LogP contribution in [0.1, 0.15) is 31.0 Å². The maximum atomic E-state index is 13.0. The lowest BCUT2D eigenvalue weighted by molar-refractivity contribution is -0.128. The van der Waals surface area contributed by atoms with Crippen molar-refractivity contribution in [1.29, 1.82) is 0 Å². The molecular formula is C23H24N4O3. The van der Waals surface area contributed by atoms with E-state index in [9.17, 15) is 9.59 Å². The van der Waals surface area contributed by atoms with E-state index in [-0.39, 0.29) is 11.7 Å². The highest BCUT2D eigenvalue weighted by molar-refractivity contribution is 6.12. The number of para-hydroxylation sites is 2. The van der Waals surface area contributed by atoms with Crippen molar-refractivity contribution in [3.8, 4) is 5.75 Å². The van der Waals surface area contributed by atoms with Crippen LogP contribution in [0, 0.1) is 0 Å². The van der Waals surface area contributed by atoms with Crippen LogP contribution in [0.4, 0.5) is 5.69 Å². The highest BCUT2D eigenvalue weighted by Crippen LogP contribution is 2.29. The highest BCUT2D eigenvalue weighted by atomic mass is 16.5. The Balaban J connectivity index is 1.30. The number of hydrogen-bond donors (Lipinski definition) is 1.